The molecule has 1 aromatic rings. The molecular formula is C30H50O4. The zero-order valence-electron chi connectivity index (χ0n) is 23.3. The first kappa shape index (κ1) is 30.4. The van der Waals surface area contributed by atoms with E-state index in [1.807, 2.05) is 19.2 Å². The van der Waals surface area contributed by atoms with E-state index in [2.05, 4.69) is 55.4 Å². The van der Waals surface area contributed by atoms with E-state index in [0.717, 1.165) is 18.8 Å². The predicted molar refractivity (Wildman–Crippen MR) is 141 cm³/mol. The van der Waals surface area contributed by atoms with E-state index in [0.29, 0.717) is 17.8 Å². The molecule has 0 heterocycles. The minimum Gasteiger partial charge on any atom is -0.454 e. The molecule has 4 heteroatoms. The predicted octanol–water partition coefficient (Wildman–Crippen LogP) is 7.99. The maximum absolute atomic E-state index is 11.8. The Morgan fingerprint density at radius 1 is 1.00 bits per heavy atom. The molecule has 2 rings (SSSR count). The van der Waals surface area contributed by atoms with Gasteiger partial charge >= 0.3 is 5.97 Å². The van der Waals surface area contributed by atoms with Gasteiger partial charge in [0.2, 0.25) is 0 Å². The average molecular weight is 475 g/mol. The van der Waals surface area contributed by atoms with Crippen molar-refractivity contribution >= 4 is 12.3 Å². The van der Waals surface area contributed by atoms with Crippen molar-refractivity contribution in [3.63, 3.8) is 0 Å². The molecule has 0 amide bonds. The number of hydrogen-bond acceptors (Lipinski definition) is 4. The van der Waals surface area contributed by atoms with Gasteiger partial charge in [0.25, 0.3) is 0 Å². The van der Waals surface area contributed by atoms with E-state index in [-0.39, 0.29) is 23.0 Å². The van der Waals surface area contributed by atoms with E-state index in [9.17, 15) is 9.59 Å². The Labute approximate surface area is 209 Å². The highest BCUT2D eigenvalue weighted by molar-refractivity contribution is 5.90. The summed E-state index contributed by atoms with van der Waals surface area (Å²) in [5, 5.41) is 0. The zero-order chi connectivity index (χ0) is 26.0. The molecule has 1 atom stereocenters. The lowest BCUT2D eigenvalue weighted by Gasteiger charge is -2.37. The van der Waals surface area contributed by atoms with Crippen LogP contribution in [-0.2, 0) is 14.3 Å². The molecule has 0 bridgehead atoms. The lowest BCUT2D eigenvalue weighted by molar-refractivity contribution is -0.110. The third-order valence-electron chi connectivity index (χ3n) is 7.70. The van der Waals surface area contributed by atoms with Crippen molar-refractivity contribution in [2.45, 2.75) is 112 Å². The lowest BCUT2D eigenvalue weighted by atomic mass is 9.68. The molecule has 0 N–H and O–H groups in total. The Morgan fingerprint density at radius 3 is 2.00 bits per heavy atom. The van der Waals surface area contributed by atoms with E-state index in [1.165, 1.54) is 37.7 Å². The number of hydrogen-bond donors (Lipinski definition) is 0. The van der Waals surface area contributed by atoms with Crippen LogP contribution in [0.4, 0.5) is 0 Å². The Balaban J connectivity index is 0.000000437. The number of carbonyl (C=O) groups is 2. The molecule has 0 aliphatic heterocycles. The number of methoxy groups -OCH3 is 1. The third kappa shape index (κ3) is 9.90. The van der Waals surface area contributed by atoms with E-state index >= 15 is 0 Å². The highest BCUT2D eigenvalue weighted by atomic mass is 16.5. The standard InChI is InChI=1S/C20H30O3.C10H20O/c1-7-20(5,6)14-17(19(2,3)4)15-8-10-16(11-9-15)18(22)23-13-12-21;1-10(2,11-3)9-7-5-4-6-8-9/h8-12,17H,7,13-14H2,1-6H3;9H,4-8H2,1-3H3. The van der Waals surface area contributed by atoms with E-state index in [4.69, 9.17) is 9.47 Å². The fourth-order valence-electron chi connectivity index (χ4n) is 4.63. The second-order valence-electron chi connectivity index (χ2n) is 12.2. The van der Waals surface area contributed by atoms with Crippen molar-refractivity contribution in [1.29, 1.82) is 0 Å². The van der Waals surface area contributed by atoms with Crippen molar-refractivity contribution in [3.05, 3.63) is 35.4 Å². The summed E-state index contributed by atoms with van der Waals surface area (Å²) in [6.07, 6.45) is 9.76. The summed E-state index contributed by atoms with van der Waals surface area (Å²) < 4.78 is 10.3. The van der Waals surface area contributed by atoms with Gasteiger partial charge in [-0.15, -0.1) is 0 Å². The molecule has 1 saturated carbocycles. The number of carbonyl (C=O) groups excluding carboxylic acids is 2. The molecule has 0 spiro atoms. The van der Waals surface area contributed by atoms with Crippen LogP contribution in [-0.4, -0.2) is 31.6 Å². The van der Waals surface area contributed by atoms with E-state index in [1.54, 1.807) is 12.1 Å². The average Bonchev–Trinajstić information content (AvgIpc) is 2.81. The molecule has 0 aromatic heterocycles. The summed E-state index contributed by atoms with van der Waals surface area (Å²) in [4.78, 5) is 22.1. The van der Waals surface area contributed by atoms with Crippen LogP contribution in [0.1, 0.15) is 122 Å². The number of ether oxygens (including phenoxy) is 2. The van der Waals surface area contributed by atoms with Gasteiger partial charge in [0.05, 0.1) is 11.2 Å². The van der Waals surface area contributed by atoms with Gasteiger partial charge in [-0.2, -0.15) is 0 Å². The molecule has 194 valence electrons. The first-order chi connectivity index (χ1) is 15.8. The van der Waals surface area contributed by atoms with Crippen LogP contribution in [0.5, 0.6) is 0 Å². The van der Waals surface area contributed by atoms with Gasteiger partial charge in [0, 0.05) is 7.11 Å². The van der Waals surface area contributed by atoms with Crippen molar-refractivity contribution in [2.75, 3.05) is 13.7 Å². The minimum atomic E-state index is -0.454. The molecule has 4 nitrogen and oxygen atoms in total. The molecule has 34 heavy (non-hydrogen) atoms. The van der Waals surface area contributed by atoms with E-state index < -0.39 is 5.97 Å². The summed E-state index contributed by atoms with van der Waals surface area (Å²) >= 11 is 0. The molecule has 1 fully saturated rings. The Hall–Kier alpha value is -1.68. The third-order valence-corrected chi connectivity index (χ3v) is 7.70. The first-order valence-corrected chi connectivity index (χ1v) is 13.0. The molecule has 0 radical (unpaired) electrons. The van der Waals surface area contributed by atoms with Crippen LogP contribution in [0.15, 0.2) is 24.3 Å². The summed E-state index contributed by atoms with van der Waals surface area (Å²) in [7, 11) is 1.83. The maximum Gasteiger partial charge on any atom is 0.338 e. The Bertz CT molecular complexity index is 734. The molecule has 0 saturated heterocycles. The lowest BCUT2D eigenvalue weighted by Crippen LogP contribution is -2.34. The monoisotopic (exact) mass is 474 g/mol. The van der Waals surface area contributed by atoms with Crippen molar-refractivity contribution in [1.82, 2.24) is 0 Å². The largest absolute Gasteiger partial charge is 0.454 e. The first-order valence-electron chi connectivity index (χ1n) is 13.0. The van der Waals surface area contributed by atoms with Crippen LogP contribution in [0, 0.1) is 16.7 Å². The molecular weight excluding hydrogens is 424 g/mol. The summed E-state index contributed by atoms with van der Waals surface area (Å²) in [5.41, 5.74) is 2.26. The number of benzene rings is 1. The Morgan fingerprint density at radius 2 is 1.56 bits per heavy atom. The van der Waals surface area contributed by atoms with Crippen LogP contribution in [0.3, 0.4) is 0 Å². The fraction of sp³-hybridized carbons (Fsp3) is 0.733. The topological polar surface area (TPSA) is 52.6 Å². The zero-order valence-corrected chi connectivity index (χ0v) is 23.3. The molecule has 1 aliphatic rings. The quantitative estimate of drug-likeness (QED) is 0.269. The molecule has 1 unspecified atom stereocenters. The van der Waals surface area contributed by atoms with Gasteiger partial charge in [0.1, 0.15) is 6.61 Å². The van der Waals surface area contributed by atoms with Gasteiger partial charge in [0.15, 0.2) is 6.29 Å². The van der Waals surface area contributed by atoms with Crippen molar-refractivity contribution < 1.29 is 19.1 Å². The van der Waals surface area contributed by atoms with Crippen LogP contribution >= 0.6 is 0 Å². The minimum absolute atomic E-state index is 0.112. The smallest absolute Gasteiger partial charge is 0.338 e. The Kier molecular flexibility index (Phi) is 12.0. The van der Waals surface area contributed by atoms with Crippen LogP contribution < -0.4 is 0 Å². The van der Waals surface area contributed by atoms with Gasteiger partial charge in [-0.1, -0.05) is 79.4 Å². The van der Waals surface area contributed by atoms with Crippen molar-refractivity contribution in [2.24, 2.45) is 16.7 Å². The number of rotatable bonds is 9. The van der Waals surface area contributed by atoms with Gasteiger partial charge in [-0.3, -0.25) is 4.79 Å². The van der Waals surface area contributed by atoms with Crippen LogP contribution in [0.25, 0.3) is 0 Å². The summed E-state index contributed by atoms with van der Waals surface area (Å²) in [5.74, 6) is 0.753. The SMILES string of the molecule is CCC(C)(C)CC(c1ccc(C(=O)OCC=O)cc1)C(C)(C)C.COC(C)(C)C1CCCCC1. The highest BCUT2D eigenvalue weighted by Gasteiger charge is 2.32. The number of aldehydes is 1. The van der Waals surface area contributed by atoms with Gasteiger partial charge in [-0.05, 0) is 73.5 Å². The molecule has 1 aliphatic carbocycles. The second-order valence-corrected chi connectivity index (χ2v) is 12.2. The normalized spacial score (nSPS) is 16.3. The summed E-state index contributed by atoms with van der Waals surface area (Å²) in [6, 6.07) is 7.61. The fourth-order valence-corrected chi connectivity index (χ4v) is 4.63. The maximum atomic E-state index is 11.8. The molecule has 1 aromatic carbocycles. The highest BCUT2D eigenvalue weighted by Crippen LogP contribution is 2.44. The van der Waals surface area contributed by atoms with Gasteiger partial charge in [-0.25, -0.2) is 4.79 Å². The summed E-state index contributed by atoms with van der Waals surface area (Å²) in [6.45, 7) is 17.8. The van der Waals surface area contributed by atoms with Crippen molar-refractivity contribution in [3.8, 4) is 0 Å². The van der Waals surface area contributed by atoms with Crippen LogP contribution in [0.2, 0.25) is 0 Å². The second kappa shape index (κ2) is 13.4. The number of esters is 1. The van der Waals surface area contributed by atoms with Gasteiger partial charge < -0.3 is 9.47 Å².